The predicted octanol–water partition coefficient (Wildman–Crippen LogP) is 4.72. The Kier molecular flexibility index (Phi) is 5.92. The van der Waals surface area contributed by atoms with Crippen LogP contribution in [-0.2, 0) is 0 Å². The van der Waals surface area contributed by atoms with Crippen molar-refractivity contribution in [1.29, 1.82) is 0 Å². The van der Waals surface area contributed by atoms with Crippen molar-refractivity contribution < 1.29 is 0 Å². The van der Waals surface area contributed by atoms with Crippen LogP contribution in [0.1, 0.15) is 80.1 Å². The summed E-state index contributed by atoms with van der Waals surface area (Å²) in [5.74, 6) is 2.91. The Morgan fingerprint density at radius 1 is 0.607 bits per heavy atom. The lowest BCUT2D eigenvalue weighted by atomic mass is 9.75. The molecule has 3 nitrogen and oxygen atoms in total. The van der Waals surface area contributed by atoms with Gasteiger partial charge in [0.1, 0.15) is 0 Å². The molecule has 162 valence electrons. The average molecular weight is 390 g/mol. The third-order valence-corrected chi connectivity index (χ3v) is 8.95. The Hall–Kier alpha value is -0.120. The van der Waals surface area contributed by atoms with Crippen LogP contribution in [-0.4, -0.2) is 71.6 Å². The second-order valence-electron chi connectivity index (χ2n) is 12.7. The SMILES string of the molecule is CC(C)(C)C1CCN(C2C[C@@H]3CN(C4CCN(C(C)(C)C)CC4)C[C@@H]3C2)CC1. The van der Waals surface area contributed by atoms with Gasteiger partial charge in [-0.2, -0.15) is 0 Å². The van der Waals surface area contributed by atoms with Crippen LogP contribution in [0.3, 0.4) is 0 Å². The summed E-state index contributed by atoms with van der Waals surface area (Å²) in [4.78, 5) is 8.47. The van der Waals surface area contributed by atoms with Crippen molar-refractivity contribution in [3.63, 3.8) is 0 Å². The number of piperidine rings is 2. The molecule has 4 fully saturated rings. The summed E-state index contributed by atoms with van der Waals surface area (Å²) in [6.45, 7) is 22.6. The highest BCUT2D eigenvalue weighted by molar-refractivity contribution is 4.99. The van der Waals surface area contributed by atoms with Crippen LogP contribution in [0.2, 0.25) is 0 Å². The van der Waals surface area contributed by atoms with E-state index < -0.39 is 0 Å². The fourth-order valence-electron chi connectivity index (χ4n) is 6.93. The maximum Gasteiger partial charge on any atom is 0.0125 e. The van der Waals surface area contributed by atoms with E-state index >= 15 is 0 Å². The molecule has 1 saturated carbocycles. The second-order valence-corrected chi connectivity index (χ2v) is 12.7. The van der Waals surface area contributed by atoms with E-state index in [9.17, 15) is 0 Å². The first-order valence-corrected chi connectivity index (χ1v) is 12.3. The number of fused-ring (bicyclic) bond motifs is 1. The van der Waals surface area contributed by atoms with Gasteiger partial charge in [-0.1, -0.05) is 20.8 Å². The van der Waals surface area contributed by atoms with Crippen LogP contribution < -0.4 is 0 Å². The van der Waals surface area contributed by atoms with Crippen molar-refractivity contribution in [1.82, 2.24) is 14.7 Å². The highest BCUT2D eigenvalue weighted by Gasteiger charge is 2.45. The van der Waals surface area contributed by atoms with E-state index in [0.717, 1.165) is 29.8 Å². The molecule has 1 aliphatic carbocycles. The Morgan fingerprint density at radius 3 is 1.61 bits per heavy atom. The molecule has 3 saturated heterocycles. The normalized spacial score (nSPS) is 35.6. The second kappa shape index (κ2) is 7.85. The quantitative estimate of drug-likeness (QED) is 0.677. The summed E-state index contributed by atoms with van der Waals surface area (Å²) >= 11 is 0. The molecule has 4 rings (SSSR count). The molecule has 0 bridgehead atoms. The minimum Gasteiger partial charge on any atom is -0.300 e. The van der Waals surface area contributed by atoms with Crippen molar-refractivity contribution in [2.75, 3.05) is 39.3 Å². The van der Waals surface area contributed by atoms with Crippen LogP contribution in [0.15, 0.2) is 0 Å². The van der Waals surface area contributed by atoms with Gasteiger partial charge in [-0.15, -0.1) is 0 Å². The summed E-state index contributed by atoms with van der Waals surface area (Å²) in [6.07, 6.45) is 8.60. The van der Waals surface area contributed by atoms with Gasteiger partial charge in [0.2, 0.25) is 0 Å². The van der Waals surface area contributed by atoms with E-state index in [1.54, 1.807) is 0 Å². The molecule has 0 aromatic rings. The Morgan fingerprint density at radius 2 is 1.14 bits per heavy atom. The first-order chi connectivity index (χ1) is 13.1. The van der Waals surface area contributed by atoms with Gasteiger partial charge in [0.15, 0.2) is 0 Å². The van der Waals surface area contributed by atoms with Crippen LogP contribution in [0.4, 0.5) is 0 Å². The highest BCUT2D eigenvalue weighted by atomic mass is 15.3. The van der Waals surface area contributed by atoms with E-state index in [-0.39, 0.29) is 0 Å². The van der Waals surface area contributed by atoms with Crippen LogP contribution >= 0.6 is 0 Å². The zero-order chi connectivity index (χ0) is 20.1. The van der Waals surface area contributed by atoms with E-state index in [2.05, 4.69) is 56.2 Å². The molecule has 0 aromatic heterocycles. The van der Waals surface area contributed by atoms with E-state index in [1.165, 1.54) is 77.8 Å². The van der Waals surface area contributed by atoms with Crippen molar-refractivity contribution in [3.8, 4) is 0 Å². The Labute approximate surface area is 175 Å². The van der Waals surface area contributed by atoms with Gasteiger partial charge in [-0.3, -0.25) is 9.80 Å². The summed E-state index contributed by atoms with van der Waals surface area (Å²) in [5, 5.41) is 0. The average Bonchev–Trinajstić information content (AvgIpc) is 3.19. The Bertz CT molecular complexity index is 455. The highest BCUT2D eigenvalue weighted by Crippen LogP contribution is 2.43. The summed E-state index contributed by atoms with van der Waals surface area (Å²) in [5.41, 5.74) is 0.849. The number of likely N-dealkylation sites (tertiary alicyclic amines) is 3. The standard InChI is InChI=1S/C25H47N3/c1-24(2,3)21-7-11-26(12-8-21)23-15-19-17-27(18-20(19)16-23)22-9-13-28(14-10-22)25(4,5)6/h19-23H,7-18H2,1-6H3/t19-,20+,23?. The van der Waals surface area contributed by atoms with Crippen molar-refractivity contribution in [3.05, 3.63) is 0 Å². The minimum atomic E-state index is 0.347. The molecule has 3 heterocycles. The smallest absolute Gasteiger partial charge is 0.0125 e. The molecule has 3 heteroatoms. The molecule has 0 aromatic carbocycles. The third-order valence-electron chi connectivity index (χ3n) is 8.95. The maximum absolute atomic E-state index is 2.90. The van der Waals surface area contributed by atoms with Crippen molar-refractivity contribution >= 4 is 0 Å². The fourth-order valence-corrected chi connectivity index (χ4v) is 6.93. The molecule has 0 spiro atoms. The molecule has 0 amide bonds. The molecule has 4 aliphatic rings. The third kappa shape index (κ3) is 4.47. The molecular formula is C25H47N3. The lowest BCUT2D eigenvalue weighted by Gasteiger charge is -2.43. The minimum absolute atomic E-state index is 0.347. The van der Waals surface area contributed by atoms with Crippen LogP contribution in [0.5, 0.6) is 0 Å². The summed E-state index contributed by atoms with van der Waals surface area (Å²) in [7, 11) is 0. The molecular weight excluding hydrogens is 342 g/mol. The van der Waals surface area contributed by atoms with E-state index in [4.69, 9.17) is 0 Å². The molecule has 0 radical (unpaired) electrons. The molecule has 3 atom stereocenters. The zero-order valence-electron chi connectivity index (χ0n) is 19.7. The lowest BCUT2D eigenvalue weighted by molar-refractivity contribution is 0.0569. The first kappa shape index (κ1) is 21.1. The molecule has 3 aliphatic heterocycles. The maximum atomic E-state index is 2.90. The van der Waals surface area contributed by atoms with Crippen molar-refractivity contribution in [2.45, 2.75) is 97.7 Å². The molecule has 1 unspecified atom stereocenters. The number of hydrogen-bond acceptors (Lipinski definition) is 3. The van der Waals surface area contributed by atoms with Crippen LogP contribution in [0.25, 0.3) is 0 Å². The molecule has 28 heavy (non-hydrogen) atoms. The first-order valence-electron chi connectivity index (χ1n) is 12.3. The number of nitrogens with zero attached hydrogens (tertiary/aromatic N) is 3. The topological polar surface area (TPSA) is 9.72 Å². The van der Waals surface area contributed by atoms with Gasteiger partial charge >= 0.3 is 0 Å². The van der Waals surface area contributed by atoms with Gasteiger partial charge in [0.05, 0.1) is 0 Å². The number of rotatable bonds is 2. The number of hydrogen-bond donors (Lipinski definition) is 0. The van der Waals surface area contributed by atoms with Gasteiger partial charge in [0, 0.05) is 43.8 Å². The van der Waals surface area contributed by atoms with Crippen LogP contribution in [0, 0.1) is 23.2 Å². The predicted molar refractivity (Wildman–Crippen MR) is 120 cm³/mol. The van der Waals surface area contributed by atoms with E-state index in [1.807, 2.05) is 0 Å². The van der Waals surface area contributed by atoms with E-state index in [0.29, 0.717) is 11.0 Å². The lowest BCUT2D eigenvalue weighted by Crippen LogP contribution is -2.50. The monoisotopic (exact) mass is 389 g/mol. The van der Waals surface area contributed by atoms with Gasteiger partial charge in [-0.25, -0.2) is 0 Å². The zero-order valence-corrected chi connectivity index (χ0v) is 19.7. The molecule has 0 N–H and O–H groups in total. The largest absolute Gasteiger partial charge is 0.300 e. The van der Waals surface area contributed by atoms with Crippen molar-refractivity contribution in [2.24, 2.45) is 23.2 Å². The summed E-state index contributed by atoms with van der Waals surface area (Å²) in [6, 6.07) is 1.77. The fraction of sp³-hybridized carbons (Fsp3) is 1.00. The van der Waals surface area contributed by atoms with Gasteiger partial charge in [-0.05, 0) is 95.6 Å². The van der Waals surface area contributed by atoms with Gasteiger partial charge < -0.3 is 4.90 Å². The summed E-state index contributed by atoms with van der Waals surface area (Å²) < 4.78 is 0. The Balaban J connectivity index is 1.23. The van der Waals surface area contributed by atoms with Gasteiger partial charge in [0.25, 0.3) is 0 Å².